The first-order chi connectivity index (χ1) is 8.63. The summed E-state index contributed by atoms with van der Waals surface area (Å²) in [6, 6.07) is 6.27. The maximum absolute atomic E-state index is 5.10. The van der Waals surface area contributed by atoms with Crippen LogP contribution in [-0.2, 0) is 0 Å². The van der Waals surface area contributed by atoms with Gasteiger partial charge in [0, 0.05) is 6.54 Å². The molecule has 0 aliphatic rings. The third-order valence-electron chi connectivity index (χ3n) is 2.61. The van der Waals surface area contributed by atoms with Crippen LogP contribution >= 0.6 is 12.2 Å². The van der Waals surface area contributed by atoms with Crippen molar-refractivity contribution in [1.82, 2.24) is 10.7 Å². The topological polar surface area (TPSA) is 36.4 Å². The van der Waals surface area contributed by atoms with Gasteiger partial charge in [0.05, 0.1) is 6.21 Å². The smallest absolute Gasteiger partial charge is 0.186 e. The van der Waals surface area contributed by atoms with Crippen molar-refractivity contribution in [3.05, 3.63) is 34.9 Å². The highest BCUT2D eigenvalue weighted by molar-refractivity contribution is 7.80. The SMILES string of the molecule is CCCCNC(=S)NN=Cc1ccc(C)cc1C. The van der Waals surface area contributed by atoms with Crippen LogP contribution in [0.3, 0.4) is 0 Å². The Labute approximate surface area is 115 Å². The van der Waals surface area contributed by atoms with Gasteiger partial charge in [0.15, 0.2) is 5.11 Å². The molecule has 3 nitrogen and oxygen atoms in total. The molecule has 0 spiro atoms. The summed E-state index contributed by atoms with van der Waals surface area (Å²) in [4.78, 5) is 0. The largest absolute Gasteiger partial charge is 0.361 e. The monoisotopic (exact) mass is 263 g/mol. The van der Waals surface area contributed by atoms with Gasteiger partial charge in [-0.25, -0.2) is 0 Å². The highest BCUT2D eigenvalue weighted by Crippen LogP contribution is 2.07. The van der Waals surface area contributed by atoms with E-state index in [-0.39, 0.29) is 0 Å². The van der Waals surface area contributed by atoms with Crippen molar-refractivity contribution in [3.63, 3.8) is 0 Å². The second kappa shape index (κ2) is 7.82. The first kappa shape index (κ1) is 14.6. The van der Waals surface area contributed by atoms with E-state index in [4.69, 9.17) is 12.2 Å². The number of aryl methyl sites for hydroxylation is 2. The Morgan fingerprint density at radius 1 is 1.39 bits per heavy atom. The van der Waals surface area contributed by atoms with Crippen LogP contribution < -0.4 is 10.7 Å². The molecule has 1 rings (SSSR count). The zero-order valence-electron chi connectivity index (χ0n) is 11.3. The number of nitrogens with one attached hydrogen (secondary N) is 2. The lowest BCUT2D eigenvalue weighted by Crippen LogP contribution is -2.32. The summed E-state index contributed by atoms with van der Waals surface area (Å²) >= 11 is 5.10. The van der Waals surface area contributed by atoms with E-state index in [1.54, 1.807) is 6.21 Å². The van der Waals surface area contributed by atoms with Crippen LogP contribution in [0.25, 0.3) is 0 Å². The van der Waals surface area contributed by atoms with Gasteiger partial charge in [0.2, 0.25) is 0 Å². The molecule has 4 heteroatoms. The fraction of sp³-hybridized carbons (Fsp3) is 0.429. The van der Waals surface area contributed by atoms with Gasteiger partial charge < -0.3 is 5.32 Å². The minimum atomic E-state index is 0.574. The summed E-state index contributed by atoms with van der Waals surface area (Å²) < 4.78 is 0. The summed E-state index contributed by atoms with van der Waals surface area (Å²) in [5.74, 6) is 0. The summed E-state index contributed by atoms with van der Waals surface area (Å²) in [6.07, 6.45) is 4.06. The van der Waals surface area contributed by atoms with E-state index in [1.165, 1.54) is 11.1 Å². The zero-order valence-corrected chi connectivity index (χ0v) is 12.1. The van der Waals surface area contributed by atoms with Gasteiger partial charge in [-0.3, -0.25) is 5.43 Å². The van der Waals surface area contributed by atoms with Crippen molar-refractivity contribution in [3.8, 4) is 0 Å². The number of thiocarbonyl (C=S) groups is 1. The second-order valence-electron chi connectivity index (χ2n) is 4.34. The predicted octanol–water partition coefficient (Wildman–Crippen LogP) is 2.90. The fourth-order valence-electron chi connectivity index (χ4n) is 1.55. The summed E-state index contributed by atoms with van der Waals surface area (Å²) in [7, 11) is 0. The van der Waals surface area contributed by atoms with Crippen molar-refractivity contribution >= 4 is 23.5 Å². The van der Waals surface area contributed by atoms with Gasteiger partial charge in [-0.1, -0.05) is 37.1 Å². The molecule has 1 aromatic rings. The molecule has 18 heavy (non-hydrogen) atoms. The minimum absolute atomic E-state index is 0.574. The first-order valence-electron chi connectivity index (χ1n) is 6.27. The fourth-order valence-corrected chi connectivity index (χ4v) is 1.70. The Kier molecular flexibility index (Phi) is 6.36. The molecule has 0 unspecified atom stereocenters. The number of hydrogen-bond donors (Lipinski definition) is 2. The molecule has 98 valence electrons. The van der Waals surface area contributed by atoms with Crippen molar-refractivity contribution in [2.75, 3.05) is 6.54 Å². The van der Waals surface area contributed by atoms with Crippen molar-refractivity contribution in [2.45, 2.75) is 33.6 Å². The number of benzene rings is 1. The Morgan fingerprint density at radius 3 is 2.83 bits per heavy atom. The van der Waals surface area contributed by atoms with Gasteiger partial charge in [-0.05, 0) is 43.6 Å². The summed E-state index contributed by atoms with van der Waals surface area (Å²) in [6.45, 7) is 7.20. The lowest BCUT2D eigenvalue weighted by Gasteiger charge is -2.06. The minimum Gasteiger partial charge on any atom is -0.361 e. The lowest BCUT2D eigenvalue weighted by atomic mass is 10.1. The van der Waals surface area contributed by atoms with Gasteiger partial charge in [-0.15, -0.1) is 0 Å². The molecule has 0 bridgehead atoms. The molecule has 0 atom stereocenters. The molecule has 0 saturated carbocycles. The molecule has 1 aromatic carbocycles. The molecule has 0 aromatic heterocycles. The quantitative estimate of drug-likeness (QED) is 0.371. The van der Waals surface area contributed by atoms with Crippen LogP contribution in [0.5, 0.6) is 0 Å². The van der Waals surface area contributed by atoms with Gasteiger partial charge in [0.1, 0.15) is 0 Å². The maximum Gasteiger partial charge on any atom is 0.186 e. The van der Waals surface area contributed by atoms with Gasteiger partial charge in [0.25, 0.3) is 0 Å². The first-order valence-corrected chi connectivity index (χ1v) is 6.68. The molecule has 2 N–H and O–H groups in total. The number of nitrogens with zero attached hydrogens (tertiary/aromatic N) is 1. The van der Waals surface area contributed by atoms with Crippen LogP contribution in [0.2, 0.25) is 0 Å². The predicted molar refractivity (Wildman–Crippen MR) is 82.2 cm³/mol. The molecule has 0 saturated heterocycles. The number of hydrazone groups is 1. The van der Waals surface area contributed by atoms with Crippen molar-refractivity contribution in [1.29, 1.82) is 0 Å². The third kappa shape index (κ3) is 5.27. The van der Waals surface area contributed by atoms with E-state index >= 15 is 0 Å². The molecule has 0 fully saturated rings. The number of hydrogen-bond acceptors (Lipinski definition) is 2. The number of rotatable bonds is 5. The average molecular weight is 263 g/mol. The van der Waals surface area contributed by atoms with E-state index < -0.39 is 0 Å². The Balaban J connectivity index is 2.42. The van der Waals surface area contributed by atoms with E-state index in [1.807, 2.05) is 0 Å². The van der Waals surface area contributed by atoms with E-state index in [2.05, 4.69) is 54.8 Å². The molecule has 0 heterocycles. The Morgan fingerprint density at radius 2 is 2.17 bits per heavy atom. The molecular formula is C14H21N3S. The molecule has 0 aliphatic heterocycles. The van der Waals surface area contributed by atoms with Crippen LogP contribution in [0.15, 0.2) is 23.3 Å². The number of unbranched alkanes of at least 4 members (excludes halogenated alkanes) is 1. The van der Waals surface area contributed by atoms with E-state index in [0.717, 1.165) is 24.9 Å². The van der Waals surface area contributed by atoms with Crippen LogP contribution in [0.4, 0.5) is 0 Å². The van der Waals surface area contributed by atoms with Crippen LogP contribution in [0.1, 0.15) is 36.5 Å². The normalized spacial score (nSPS) is 10.6. The van der Waals surface area contributed by atoms with Crippen molar-refractivity contribution < 1.29 is 0 Å². The van der Waals surface area contributed by atoms with Crippen LogP contribution in [0, 0.1) is 13.8 Å². The third-order valence-corrected chi connectivity index (χ3v) is 2.85. The lowest BCUT2D eigenvalue weighted by molar-refractivity contribution is 0.745. The second-order valence-corrected chi connectivity index (χ2v) is 4.75. The maximum atomic E-state index is 5.10. The molecule has 0 aliphatic carbocycles. The highest BCUT2D eigenvalue weighted by Gasteiger charge is 1.95. The highest BCUT2D eigenvalue weighted by atomic mass is 32.1. The van der Waals surface area contributed by atoms with E-state index in [0.29, 0.717) is 5.11 Å². The molecular weight excluding hydrogens is 242 g/mol. The van der Waals surface area contributed by atoms with Gasteiger partial charge in [-0.2, -0.15) is 5.10 Å². The summed E-state index contributed by atoms with van der Waals surface area (Å²) in [5, 5.41) is 7.81. The Bertz CT molecular complexity index is 427. The van der Waals surface area contributed by atoms with Crippen molar-refractivity contribution in [2.24, 2.45) is 5.10 Å². The van der Waals surface area contributed by atoms with Gasteiger partial charge >= 0.3 is 0 Å². The average Bonchev–Trinajstić information content (AvgIpc) is 2.32. The standard InChI is InChI=1S/C14H21N3S/c1-4-5-8-15-14(18)17-16-10-13-7-6-11(2)9-12(13)3/h6-7,9-10H,4-5,8H2,1-3H3,(H2,15,17,18). The molecule has 0 radical (unpaired) electrons. The molecule has 0 amide bonds. The Hall–Kier alpha value is -1.42. The van der Waals surface area contributed by atoms with E-state index in [9.17, 15) is 0 Å². The zero-order chi connectivity index (χ0) is 13.4. The summed E-state index contributed by atoms with van der Waals surface area (Å²) in [5.41, 5.74) is 6.40. The van der Waals surface area contributed by atoms with Crippen LogP contribution in [-0.4, -0.2) is 17.9 Å².